The Morgan fingerprint density at radius 2 is 1.79 bits per heavy atom. The average molecular weight is 447 g/mol. The van der Waals surface area contributed by atoms with E-state index in [2.05, 4.69) is 10.8 Å². The summed E-state index contributed by atoms with van der Waals surface area (Å²) in [6, 6.07) is 16.6. The Kier molecular flexibility index (Phi) is 5.63. The number of hydrogen-bond acceptors (Lipinski definition) is 4. The molecule has 1 saturated heterocycles. The number of benzene rings is 2. The van der Waals surface area contributed by atoms with Crippen LogP contribution in [-0.2, 0) is 10.0 Å². The van der Waals surface area contributed by atoms with Gasteiger partial charge in [-0.25, -0.2) is 8.42 Å². The van der Waals surface area contributed by atoms with Crippen LogP contribution in [0.15, 0.2) is 70.9 Å². The number of thiophene rings is 1. The first-order valence-corrected chi connectivity index (χ1v) is 11.9. The van der Waals surface area contributed by atoms with E-state index >= 15 is 0 Å². The van der Waals surface area contributed by atoms with E-state index in [4.69, 9.17) is 11.6 Å². The number of hydrogen-bond donors (Lipinski definition) is 1. The number of carbonyl (C=O) groups is 1. The molecule has 8 heteroatoms. The van der Waals surface area contributed by atoms with E-state index in [1.54, 1.807) is 47.7 Å². The monoisotopic (exact) mass is 446 g/mol. The van der Waals surface area contributed by atoms with Gasteiger partial charge in [0.05, 0.1) is 10.9 Å². The van der Waals surface area contributed by atoms with E-state index in [0.29, 0.717) is 22.8 Å². The van der Waals surface area contributed by atoms with Gasteiger partial charge in [0.1, 0.15) is 0 Å². The first-order valence-electron chi connectivity index (χ1n) is 9.17. The molecule has 1 N–H and O–H groups in total. The maximum Gasteiger partial charge on any atom is 0.261 e. The molecule has 0 spiro atoms. The van der Waals surface area contributed by atoms with Crippen LogP contribution in [-0.4, -0.2) is 25.8 Å². The fourth-order valence-corrected chi connectivity index (χ4v) is 5.52. The zero-order valence-corrected chi connectivity index (χ0v) is 17.8. The van der Waals surface area contributed by atoms with Crippen molar-refractivity contribution < 1.29 is 13.2 Å². The SMILES string of the molecule is O=C(c1ccc(S(=O)(=O)Nc2ccc(Cl)cc2)cc1)N1CCCC1c1cccs1. The van der Waals surface area contributed by atoms with Gasteiger partial charge in [-0.2, -0.15) is 0 Å². The Morgan fingerprint density at radius 1 is 1.07 bits per heavy atom. The highest BCUT2D eigenvalue weighted by Gasteiger charge is 2.31. The minimum absolute atomic E-state index is 0.0736. The number of anilines is 1. The molecule has 0 aliphatic carbocycles. The van der Waals surface area contributed by atoms with Crippen LogP contribution in [0.25, 0.3) is 0 Å². The van der Waals surface area contributed by atoms with Crippen LogP contribution in [0.3, 0.4) is 0 Å². The van der Waals surface area contributed by atoms with Crippen molar-refractivity contribution >= 4 is 44.6 Å². The minimum Gasteiger partial charge on any atom is -0.331 e. The van der Waals surface area contributed by atoms with Crippen molar-refractivity contribution in [2.24, 2.45) is 0 Å². The molecule has 3 aromatic rings. The van der Waals surface area contributed by atoms with Gasteiger partial charge >= 0.3 is 0 Å². The number of carbonyl (C=O) groups excluding carboxylic acids is 1. The molecular weight excluding hydrogens is 428 g/mol. The van der Waals surface area contributed by atoms with Crippen LogP contribution in [0.1, 0.15) is 34.1 Å². The van der Waals surface area contributed by atoms with Crippen LogP contribution in [0.4, 0.5) is 5.69 Å². The second-order valence-electron chi connectivity index (χ2n) is 6.81. The van der Waals surface area contributed by atoms with Crippen molar-refractivity contribution in [3.05, 3.63) is 81.5 Å². The van der Waals surface area contributed by atoms with E-state index in [0.717, 1.165) is 12.8 Å². The Bertz CT molecular complexity index is 1100. The summed E-state index contributed by atoms with van der Waals surface area (Å²) in [5.74, 6) is -0.0736. The Balaban J connectivity index is 1.51. The van der Waals surface area contributed by atoms with Gasteiger partial charge in [0.2, 0.25) is 0 Å². The molecular formula is C21H19ClN2O3S2. The van der Waals surface area contributed by atoms with E-state index < -0.39 is 10.0 Å². The molecule has 1 atom stereocenters. The van der Waals surface area contributed by atoms with Gasteiger partial charge in [-0.15, -0.1) is 11.3 Å². The topological polar surface area (TPSA) is 66.5 Å². The third kappa shape index (κ3) is 4.32. The molecule has 150 valence electrons. The molecule has 1 fully saturated rings. The summed E-state index contributed by atoms with van der Waals surface area (Å²) < 4.78 is 27.7. The number of halogens is 1. The molecule has 5 nitrogen and oxygen atoms in total. The first kappa shape index (κ1) is 19.9. The van der Waals surface area contributed by atoms with E-state index in [1.165, 1.54) is 17.0 Å². The van der Waals surface area contributed by atoms with Gasteiger partial charge in [0.15, 0.2) is 0 Å². The van der Waals surface area contributed by atoms with Crippen LogP contribution < -0.4 is 4.72 Å². The fourth-order valence-electron chi connectivity index (χ4n) is 3.46. The summed E-state index contributed by atoms with van der Waals surface area (Å²) in [4.78, 5) is 16.1. The predicted octanol–water partition coefficient (Wildman–Crippen LogP) is 5.18. The summed E-state index contributed by atoms with van der Waals surface area (Å²) in [5, 5.41) is 2.54. The minimum atomic E-state index is -3.75. The number of rotatable bonds is 5. The summed E-state index contributed by atoms with van der Waals surface area (Å²) in [6.45, 7) is 0.708. The number of likely N-dealkylation sites (tertiary alicyclic amines) is 1. The van der Waals surface area contributed by atoms with Crippen molar-refractivity contribution in [1.29, 1.82) is 0 Å². The highest BCUT2D eigenvalue weighted by Crippen LogP contribution is 2.35. The Labute approximate surface area is 179 Å². The summed E-state index contributed by atoms with van der Waals surface area (Å²) in [5.41, 5.74) is 0.907. The van der Waals surface area contributed by atoms with E-state index in [1.807, 2.05) is 16.3 Å². The molecule has 0 radical (unpaired) electrons. The lowest BCUT2D eigenvalue weighted by atomic mass is 10.1. The van der Waals surface area contributed by atoms with Gasteiger partial charge in [0, 0.05) is 27.7 Å². The third-order valence-corrected chi connectivity index (χ3v) is 7.52. The maximum absolute atomic E-state index is 13.0. The van der Waals surface area contributed by atoms with Gasteiger partial charge in [-0.1, -0.05) is 17.7 Å². The van der Waals surface area contributed by atoms with E-state index in [-0.39, 0.29) is 16.8 Å². The van der Waals surface area contributed by atoms with Crippen molar-refractivity contribution in [3.8, 4) is 0 Å². The highest BCUT2D eigenvalue weighted by atomic mass is 35.5. The van der Waals surface area contributed by atoms with Crippen LogP contribution in [0, 0.1) is 0 Å². The molecule has 1 amide bonds. The number of nitrogens with zero attached hydrogens (tertiary/aromatic N) is 1. The van der Waals surface area contributed by atoms with Gasteiger partial charge in [-0.05, 0) is 72.8 Å². The summed E-state index contributed by atoms with van der Waals surface area (Å²) in [7, 11) is -3.75. The van der Waals surface area contributed by atoms with Crippen LogP contribution >= 0.6 is 22.9 Å². The summed E-state index contributed by atoms with van der Waals surface area (Å²) in [6.07, 6.45) is 1.91. The lowest BCUT2D eigenvalue weighted by molar-refractivity contribution is 0.0738. The Hall–Kier alpha value is -2.35. The van der Waals surface area contributed by atoms with E-state index in [9.17, 15) is 13.2 Å². The van der Waals surface area contributed by atoms with Gasteiger partial charge in [-0.3, -0.25) is 9.52 Å². The average Bonchev–Trinajstić information content (AvgIpc) is 3.40. The predicted molar refractivity (Wildman–Crippen MR) is 116 cm³/mol. The molecule has 0 saturated carbocycles. The lowest BCUT2D eigenvalue weighted by Gasteiger charge is -2.24. The third-order valence-electron chi connectivity index (χ3n) is 4.89. The standard InChI is InChI=1S/C21H19ClN2O3S2/c22-16-7-9-17(10-8-16)23-29(26,27)18-11-5-15(6-12-18)21(25)24-13-1-3-19(24)20-4-2-14-28-20/h2,4-12,14,19,23H,1,3,13H2. The maximum atomic E-state index is 13.0. The fraction of sp³-hybridized carbons (Fsp3) is 0.190. The van der Waals surface area contributed by atoms with Gasteiger partial charge in [0.25, 0.3) is 15.9 Å². The molecule has 2 heterocycles. The number of nitrogens with one attached hydrogen (secondary N) is 1. The van der Waals surface area contributed by atoms with Crippen LogP contribution in [0.5, 0.6) is 0 Å². The number of amides is 1. The largest absolute Gasteiger partial charge is 0.331 e. The Morgan fingerprint density at radius 3 is 2.45 bits per heavy atom. The molecule has 29 heavy (non-hydrogen) atoms. The molecule has 1 aromatic heterocycles. The molecule has 2 aromatic carbocycles. The summed E-state index contributed by atoms with van der Waals surface area (Å²) >= 11 is 7.49. The van der Waals surface area contributed by atoms with Gasteiger partial charge < -0.3 is 4.90 Å². The smallest absolute Gasteiger partial charge is 0.261 e. The zero-order valence-electron chi connectivity index (χ0n) is 15.4. The quantitative estimate of drug-likeness (QED) is 0.587. The van der Waals surface area contributed by atoms with Crippen molar-refractivity contribution in [2.75, 3.05) is 11.3 Å². The van der Waals surface area contributed by atoms with Crippen molar-refractivity contribution in [3.63, 3.8) is 0 Å². The second-order valence-corrected chi connectivity index (χ2v) is 9.91. The number of sulfonamides is 1. The second kappa shape index (κ2) is 8.18. The normalized spacial score (nSPS) is 16.7. The highest BCUT2D eigenvalue weighted by molar-refractivity contribution is 7.92. The van der Waals surface area contributed by atoms with Crippen molar-refractivity contribution in [1.82, 2.24) is 4.90 Å². The zero-order chi connectivity index (χ0) is 20.4. The van der Waals surface area contributed by atoms with Crippen molar-refractivity contribution in [2.45, 2.75) is 23.8 Å². The molecule has 4 rings (SSSR count). The molecule has 1 aliphatic heterocycles. The molecule has 1 aliphatic rings. The first-order chi connectivity index (χ1) is 13.9. The molecule has 1 unspecified atom stereocenters. The molecule has 0 bridgehead atoms. The lowest BCUT2D eigenvalue weighted by Crippen LogP contribution is -2.30. The van der Waals surface area contributed by atoms with Crippen LogP contribution in [0.2, 0.25) is 5.02 Å².